The largest absolute Gasteiger partial charge is 0.465 e. The number of carbonyl (C=O) groups is 3. The number of rotatable bonds is 5. The van der Waals surface area contributed by atoms with Crippen LogP contribution in [0.15, 0.2) is 0 Å². The van der Waals surface area contributed by atoms with Crippen molar-refractivity contribution in [1.82, 2.24) is 10.6 Å². The number of amides is 2. The minimum Gasteiger partial charge on any atom is -0.465 e. The van der Waals surface area contributed by atoms with E-state index in [2.05, 4.69) is 20.1 Å². The minimum absolute atomic E-state index is 0.213. The zero-order valence-corrected chi connectivity index (χ0v) is 8.66. The van der Waals surface area contributed by atoms with Crippen LogP contribution in [0, 0.1) is 0 Å². The summed E-state index contributed by atoms with van der Waals surface area (Å²) >= 11 is 0. The van der Waals surface area contributed by atoms with E-state index in [0.717, 1.165) is 0 Å². The van der Waals surface area contributed by atoms with Crippen LogP contribution < -0.4 is 10.6 Å². The molecule has 0 aliphatic rings. The van der Waals surface area contributed by atoms with Crippen molar-refractivity contribution in [2.45, 2.75) is 6.92 Å². The van der Waals surface area contributed by atoms with Gasteiger partial charge in [0.1, 0.15) is 13.1 Å². The van der Waals surface area contributed by atoms with Crippen molar-refractivity contribution in [3.8, 4) is 0 Å². The highest BCUT2D eigenvalue weighted by Gasteiger charge is 2.07. The number of esters is 1. The van der Waals surface area contributed by atoms with E-state index >= 15 is 0 Å². The highest BCUT2D eigenvalue weighted by Crippen LogP contribution is 1.76. The second-order valence-electron chi connectivity index (χ2n) is 2.43. The molecule has 0 bridgehead atoms. The summed E-state index contributed by atoms with van der Waals surface area (Å²) in [7, 11) is 1.19. The lowest BCUT2D eigenvalue weighted by Crippen LogP contribution is -2.39. The Labute approximate surface area is 87.1 Å². The molecule has 0 aromatic carbocycles. The van der Waals surface area contributed by atoms with Gasteiger partial charge in [-0.25, -0.2) is 4.79 Å². The second kappa shape index (κ2) is 7.60. The number of hydrogen-bond acceptors (Lipinski definition) is 5. The van der Waals surface area contributed by atoms with Crippen LogP contribution in [0.3, 0.4) is 0 Å². The highest BCUT2D eigenvalue weighted by molar-refractivity contribution is 5.85. The molecule has 0 radical (unpaired) electrons. The van der Waals surface area contributed by atoms with E-state index < -0.39 is 18.0 Å². The molecule has 15 heavy (non-hydrogen) atoms. The first-order valence-electron chi connectivity index (χ1n) is 4.34. The van der Waals surface area contributed by atoms with Crippen molar-refractivity contribution in [2.75, 3.05) is 26.8 Å². The molecule has 2 N–H and O–H groups in total. The molecular formula is C8H14N2O5. The van der Waals surface area contributed by atoms with Gasteiger partial charge in [0.05, 0.1) is 13.7 Å². The third-order valence-electron chi connectivity index (χ3n) is 1.31. The van der Waals surface area contributed by atoms with Crippen LogP contribution in [0.2, 0.25) is 0 Å². The van der Waals surface area contributed by atoms with Crippen molar-refractivity contribution < 1.29 is 23.9 Å². The Morgan fingerprint density at radius 2 is 1.80 bits per heavy atom. The van der Waals surface area contributed by atoms with Gasteiger partial charge < -0.3 is 20.1 Å². The van der Waals surface area contributed by atoms with Gasteiger partial charge in [0.2, 0.25) is 5.91 Å². The predicted octanol–water partition coefficient (Wildman–Crippen LogP) is -0.978. The predicted molar refractivity (Wildman–Crippen MR) is 50.1 cm³/mol. The minimum atomic E-state index is -0.707. The number of nitrogens with one attached hydrogen (secondary N) is 2. The maximum Gasteiger partial charge on any atom is 0.407 e. The van der Waals surface area contributed by atoms with E-state index in [1.54, 1.807) is 6.92 Å². The number of ether oxygens (including phenoxy) is 2. The quantitative estimate of drug-likeness (QED) is 0.578. The van der Waals surface area contributed by atoms with Gasteiger partial charge in [0.25, 0.3) is 0 Å². The van der Waals surface area contributed by atoms with Crippen molar-refractivity contribution in [2.24, 2.45) is 0 Å². The first-order valence-corrected chi connectivity index (χ1v) is 4.34. The maximum atomic E-state index is 11.0. The maximum absolute atomic E-state index is 11.0. The summed E-state index contributed by atoms with van der Waals surface area (Å²) in [6, 6.07) is 0. The van der Waals surface area contributed by atoms with Crippen molar-refractivity contribution in [3.05, 3.63) is 0 Å². The molecule has 0 saturated heterocycles. The SMILES string of the molecule is CCOC(=O)CNC(=O)CNC(=O)OC. The van der Waals surface area contributed by atoms with E-state index in [1.165, 1.54) is 7.11 Å². The van der Waals surface area contributed by atoms with E-state index in [4.69, 9.17) is 0 Å². The fourth-order valence-electron chi connectivity index (χ4n) is 0.670. The number of carbonyl (C=O) groups excluding carboxylic acids is 3. The molecule has 2 amide bonds. The zero-order chi connectivity index (χ0) is 11.7. The van der Waals surface area contributed by atoms with Gasteiger partial charge in [0.15, 0.2) is 0 Å². The molecule has 0 fully saturated rings. The van der Waals surface area contributed by atoms with Crippen molar-refractivity contribution in [3.63, 3.8) is 0 Å². The summed E-state index contributed by atoms with van der Waals surface area (Å²) in [6.45, 7) is 1.47. The fourth-order valence-corrected chi connectivity index (χ4v) is 0.670. The van der Waals surface area contributed by atoms with Gasteiger partial charge >= 0.3 is 12.1 Å². The molecular weight excluding hydrogens is 204 g/mol. The summed E-state index contributed by atoms with van der Waals surface area (Å²) in [5.41, 5.74) is 0. The van der Waals surface area contributed by atoms with Crippen molar-refractivity contribution in [1.29, 1.82) is 0 Å². The van der Waals surface area contributed by atoms with E-state index in [0.29, 0.717) is 0 Å². The Bertz CT molecular complexity index is 241. The van der Waals surface area contributed by atoms with E-state index in [-0.39, 0.29) is 19.7 Å². The molecule has 0 aliphatic heterocycles. The topological polar surface area (TPSA) is 93.7 Å². The Hall–Kier alpha value is -1.79. The molecule has 0 atom stereocenters. The number of hydrogen-bond donors (Lipinski definition) is 2. The van der Waals surface area contributed by atoms with Crippen LogP contribution in [-0.4, -0.2) is 44.8 Å². The molecule has 86 valence electrons. The van der Waals surface area contributed by atoms with Gasteiger partial charge in [0, 0.05) is 0 Å². The lowest BCUT2D eigenvalue weighted by molar-refractivity contribution is -0.143. The normalized spacial score (nSPS) is 8.93. The summed E-state index contributed by atoms with van der Waals surface area (Å²) < 4.78 is 8.82. The van der Waals surface area contributed by atoms with Gasteiger partial charge in [-0.3, -0.25) is 9.59 Å². The molecule has 0 aromatic rings. The smallest absolute Gasteiger partial charge is 0.407 e. The molecule has 0 spiro atoms. The van der Waals surface area contributed by atoms with Crippen LogP contribution in [0.25, 0.3) is 0 Å². The monoisotopic (exact) mass is 218 g/mol. The summed E-state index contributed by atoms with van der Waals surface area (Å²) in [6.07, 6.45) is -0.707. The zero-order valence-electron chi connectivity index (χ0n) is 8.66. The first-order chi connectivity index (χ1) is 7.10. The lowest BCUT2D eigenvalue weighted by atomic mass is 10.5. The Kier molecular flexibility index (Phi) is 6.69. The average Bonchev–Trinajstić information content (AvgIpc) is 2.23. The van der Waals surface area contributed by atoms with Crippen LogP contribution in [0.5, 0.6) is 0 Å². The molecule has 0 rings (SSSR count). The van der Waals surface area contributed by atoms with Crippen molar-refractivity contribution >= 4 is 18.0 Å². The third kappa shape index (κ3) is 7.29. The molecule has 0 aromatic heterocycles. The van der Waals surface area contributed by atoms with Gasteiger partial charge in [-0.1, -0.05) is 0 Å². The van der Waals surface area contributed by atoms with E-state index in [1.807, 2.05) is 0 Å². The summed E-state index contributed by atoms with van der Waals surface area (Å²) in [5, 5.41) is 4.43. The van der Waals surface area contributed by atoms with Crippen LogP contribution in [0.1, 0.15) is 6.92 Å². The van der Waals surface area contributed by atoms with E-state index in [9.17, 15) is 14.4 Å². The molecule has 0 heterocycles. The number of methoxy groups -OCH3 is 1. The standard InChI is InChI=1S/C8H14N2O5/c1-3-15-7(12)5-9-6(11)4-10-8(13)14-2/h3-5H2,1-2H3,(H,9,11)(H,10,13). The fraction of sp³-hybridized carbons (Fsp3) is 0.625. The molecule has 0 unspecified atom stereocenters. The number of alkyl carbamates (subject to hydrolysis) is 1. The Morgan fingerprint density at radius 1 is 1.13 bits per heavy atom. The van der Waals surface area contributed by atoms with Gasteiger partial charge in [-0.2, -0.15) is 0 Å². The van der Waals surface area contributed by atoms with Crippen LogP contribution >= 0.6 is 0 Å². The first kappa shape index (κ1) is 13.2. The second-order valence-corrected chi connectivity index (χ2v) is 2.43. The molecule has 7 heteroatoms. The van der Waals surface area contributed by atoms with Gasteiger partial charge in [-0.15, -0.1) is 0 Å². The van der Waals surface area contributed by atoms with Crippen LogP contribution in [-0.2, 0) is 19.1 Å². The lowest BCUT2D eigenvalue weighted by Gasteiger charge is -2.05. The van der Waals surface area contributed by atoms with Gasteiger partial charge in [-0.05, 0) is 6.92 Å². The third-order valence-corrected chi connectivity index (χ3v) is 1.31. The summed E-state index contributed by atoms with van der Waals surface area (Å²) in [4.78, 5) is 32.3. The molecule has 0 saturated carbocycles. The Morgan fingerprint density at radius 3 is 2.33 bits per heavy atom. The Balaban J connectivity index is 3.57. The molecule has 0 aliphatic carbocycles. The molecule has 7 nitrogen and oxygen atoms in total. The summed E-state index contributed by atoms with van der Waals surface area (Å²) in [5.74, 6) is -1.02. The highest BCUT2D eigenvalue weighted by atomic mass is 16.5. The van der Waals surface area contributed by atoms with Crippen LogP contribution in [0.4, 0.5) is 4.79 Å². The average molecular weight is 218 g/mol.